The Morgan fingerprint density at radius 3 is 2.89 bits per heavy atom. The molecule has 1 aliphatic carbocycles. The number of aryl methyl sites for hydroxylation is 1. The minimum Gasteiger partial charge on any atom is -0.330 e. The first-order valence-corrected chi connectivity index (χ1v) is 10.5. The number of hydrogen-bond donors (Lipinski definition) is 3. The summed E-state index contributed by atoms with van der Waals surface area (Å²) in [5.74, 6) is 0. The van der Waals surface area contributed by atoms with E-state index in [2.05, 4.69) is 47.0 Å². The topological polar surface area (TPSA) is 63.0 Å². The van der Waals surface area contributed by atoms with E-state index in [9.17, 15) is 0 Å². The summed E-state index contributed by atoms with van der Waals surface area (Å²) in [6, 6.07) is 14.5. The number of nitrogens with zero attached hydrogens (tertiary/aromatic N) is 1. The normalized spacial score (nSPS) is 22.7. The molecular weight excluding hydrogens is 332 g/mol. The molecule has 0 bridgehead atoms. The highest BCUT2D eigenvalue weighted by molar-refractivity contribution is 5.30. The fraction of sp³-hybridized carbons (Fsp3) is 0.522. The van der Waals surface area contributed by atoms with Crippen molar-refractivity contribution in [2.45, 2.75) is 69.6 Å². The van der Waals surface area contributed by atoms with Crippen LogP contribution in [0, 0.1) is 0 Å². The van der Waals surface area contributed by atoms with Gasteiger partial charge in [-0.2, -0.15) is 0 Å². The van der Waals surface area contributed by atoms with Crippen LogP contribution in [0.4, 0.5) is 0 Å². The lowest BCUT2D eigenvalue weighted by Gasteiger charge is -2.33. The van der Waals surface area contributed by atoms with E-state index in [1.54, 1.807) is 0 Å². The quantitative estimate of drug-likeness (QED) is 0.706. The molecule has 0 spiro atoms. The van der Waals surface area contributed by atoms with Gasteiger partial charge in [0.2, 0.25) is 0 Å². The van der Waals surface area contributed by atoms with E-state index in [4.69, 9.17) is 10.7 Å². The van der Waals surface area contributed by atoms with Gasteiger partial charge in [-0.1, -0.05) is 30.3 Å². The maximum absolute atomic E-state index is 5.83. The smallest absolute Gasteiger partial charge is 0.0605 e. The number of rotatable bonds is 7. The highest BCUT2D eigenvalue weighted by atomic mass is 15.0. The molecule has 0 radical (unpaired) electrons. The van der Waals surface area contributed by atoms with Crippen molar-refractivity contribution in [2.75, 3.05) is 6.54 Å². The Bertz CT molecular complexity index is 745. The lowest BCUT2D eigenvalue weighted by Crippen LogP contribution is -2.43. The summed E-state index contributed by atoms with van der Waals surface area (Å²) < 4.78 is 0. The van der Waals surface area contributed by atoms with E-state index in [1.807, 2.05) is 6.20 Å². The van der Waals surface area contributed by atoms with Crippen molar-refractivity contribution in [1.82, 2.24) is 15.6 Å². The molecule has 0 saturated heterocycles. The van der Waals surface area contributed by atoms with Gasteiger partial charge in [0, 0.05) is 30.9 Å². The van der Waals surface area contributed by atoms with Crippen LogP contribution in [-0.4, -0.2) is 23.6 Å². The Kier molecular flexibility index (Phi) is 6.17. The summed E-state index contributed by atoms with van der Waals surface area (Å²) in [5.41, 5.74) is 11.5. The van der Waals surface area contributed by atoms with Crippen LogP contribution >= 0.6 is 0 Å². The molecule has 0 fully saturated rings. The van der Waals surface area contributed by atoms with E-state index in [1.165, 1.54) is 35.2 Å². The Hall–Kier alpha value is -1.75. The first-order chi connectivity index (χ1) is 13.3. The molecule has 1 aliphatic heterocycles. The number of benzene rings is 1. The predicted molar refractivity (Wildman–Crippen MR) is 111 cm³/mol. The average molecular weight is 365 g/mol. The first-order valence-electron chi connectivity index (χ1n) is 10.5. The van der Waals surface area contributed by atoms with E-state index >= 15 is 0 Å². The third-order valence-corrected chi connectivity index (χ3v) is 6.12. The summed E-state index contributed by atoms with van der Waals surface area (Å²) in [5, 5.41) is 7.71. The van der Waals surface area contributed by atoms with Crippen LogP contribution in [0.1, 0.15) is 60.5 Å². The maximum atomic E-state index is 5.83. The summed E-state index contributed by atoms with van der Waals surface area (Å²) in [6.45, 7) is 1.75. The van der Waals surface area contributed by atoms with Crippen molar-refractivity contribution in [1.29, 1.82) is 0 Å². The molecule has 0 amide bonds. The third-order valence-electron chi connectivity index (χ3n) is 6.12. The molecule has 3 atom stereocenters. The Morgan fingerprint density at radius 1 is 1.15 bits per heavy atom. The van der Waals surface area contributed by atoms with Crippen LogP contribution in [-0.2, 0) is 19.4 Å². The van der Waals surface area contributed by atoms with Gasteiger partial charge in [0.15, 0.2) is 0 Å². The largest absolute Gasteiger partial charge is 0.330 e. The van der Waals surface area contributed by atoms with Gasteiger partial charge >= 0.3 is 0 Å². The van der Waals surface area contributed by atoms with Crippen molar-refractivity contribution in [3.05, 3.63) is 65.0 Å². The van der Waals surface area contributed by atoms with Crippen LogP contribution in [0.25, 0.3) is 0 Å². The molecule has 2 heterocycles. The molecule has 27 heavy (non-hydrogen) atoms. The summed E-state index contributed by atoms with van der Waals surface area (Å²) >= 11 is 0. The Balaban J connectivity index is 1.43. The number of aromatic nitrogens is 1. The number of pyridine rings is 1. The molecule has 0 saturated carbocycles. The highest BCUT2D eigenvalue weighted by Gasteiger charge is 2.26. The molecule has 1 aromatic carbocycles. The molecule has 1 aromatic heterocycles. The van der Waals surface area contributed by atoms with Gasteiger partial charge in [-0.05, 0) is 74.2 Å². The maximum Gasteiger partial charge on any atom is 0.0605 e. The molecular formula is C23H32N4. The van der Waals surface area contributed by atoms with E-state index in [-0.39, 0.29) is 0 Å². The van der Waals surface area contributed by atoms with Crippen LogP contribution in [0.2, 0.25) is 0 Å². The monoisotopic (exact) mass is 364 g/mol. The van der Waals surface area contributed by atoms with Crippen molar-refractivity contribution in [3.63, 3.8) is 0 Å². The molecule has 144 valence electrons. The molecule has 4 N–H and O–H groups in total. The van der Waals surface area contributed by atoms with Gasteiger partial charge in [0.25, 0.3) is 0 Å². The van der Waals surface area contributed by atoms with Crippen LogP contribution < -0.4 is 16.4 Å². The van der Waals surface area contributed by atoms with Crippen molar-refractivity contribution >= 4 is 0 Å². The summed E-state index contributed by atoms with van der Waals surface area (Å²) in [4.78, 5) is 4.71. The Labute approximate surface area is 163 Å². The number of nitrogens with two attached hydrogens (primary N) is 1. The molecule has 4 heteroatoms. The lowest BCUT2D eigenvalue weighted by atomic mass is 9.88. The number of nitrogens with one attached hydrogen (secondary N) is 2. The standard InChI is InChI=1S/C23H32N4/c24-12-4-10-20(15-21-14-18-6-1-2-7-19(18)16-26-21)27-22-11-3-8-17-9-5-13-25-23(17)22/h1-2,5-7,9,13,20-22,26-27H,3-4,8,10-12,14-16,24H2. The van der Waals surface area contributed by atoms with Gasteiger partial charge in [-0.15, -0.1) is 0 Å². The second-order valence-corrected chi connectivity index (χ2v) is 8.07. The third kappa shape index (κ3) is 4.57. The summed E-state index contributed by atoms with van der Waals surface area (Å²) in [6.07, 6.45) is 10.0. The van der Waals surface area contributed by atoms with Gasteiger partial charge in [-0.25, -0.2) is 0 Å². The zero-order valence-corrected chi connectivity index (χ0v) is 16.2. The lowest BCUT2D eigenvalue weighted by molar-refractivity contribution is 0.314. The number of fused-ring (bicyclic) bond motifs is 2. The fourth-order valence-electron chi connectivity index (χ4n) is 4.72. The van der Waals surface area contributed by atoms with E-state index in [0.29, 0.717) is 18.1 Å². The number of hydrogen-bond acceptors (Lipinski definition) is 4. The average Bonchev–Trinajstić information content (AvgIpc) is 2.72. The van der Waals surface area contributed by atoms with Gasteiger partial charge in [0.05, 0.1) is 5.69 Å². The van der Waals surface area contributed by atoms with Gasteiger partial charge in [0.1, 0.15) is 0 Å². The molecule has 4 rings (SSSR count). The molecule has 4 nitrogen and oxygen atoms in total. The zero-order chi connectivity index (χ0) is 18.5. The fourth-order valence-corrected chi connectivity index (χ4v) is 4.72. The molecule has 3 unspecified atom stereocenters. The first kappa shape index (κ1) is 18.6. The van der Waals surface area contributed by atoms with E-state index in [0.717, 1.165) is 45.2 Å². The highest BCUT2D eigenvalue weighted by Crippen LogP contribution is 2.29. The second kappa shape index (κ2) is 8.96. The van der Waals surface area contributed by atoms with Crippen LogP contribution in [0.5, 0.6) is 0 Å². The van der Waals surface area contributed by atoms with Gasteiger partial charge < -0.3 is 16.4 Å². The molecule has 2 aromatic rings. The van der Waals surface area contributed by atoms with Crippen LogP contribution in [0.3, 0.4) is 0 Å². The molecule has 2 aliphatic rings. The predicted octanol–water partition coefficient (Wildman–Crippen LogP) is 3.26. The Morgan fingerprint density at radius 2 is 2.00 bits per heavy atom. The SMILES string of the molecule is NCCCC(CC1Cc2ccccc2CN1)NC1CCCc2cccnc21. The van der Waals surface area contributed by atoms with Gasteiger partial charge in [-0.3, -0.25) is 4.98 Å². The minimum absolute atomic E-state index is 0.383. The van der Waals surface area contributed by atoms with E-state index < -0.39 is 0 Å². The summed E-state index contributed by atoms with van der Waals surface area (Å²) in [7, 11) is 0. The zero-order valence-electron chi connectivity index (χ0n) is 16.2. The van der Waals surface area contributed by atoms with Crippen LogP contribution in [0.15, 0.2) is 42.6 Å². The second-order valence-electron chi connectivity index (χ2n) is 8.07. The van der Waals surface area contributed by atoms with Crippen molar-refractivity contribution < 1.29 is 0 Å². The van der Waals surface area contributed by atoms with Crippen molar-refractivity contribution in [3.8, 4) is 0 Å². The minimum atomic E-state index is 0.383. The van der Waals surface area contributed by atoms with Crippen molar-refractivity contribution in [2.24, 2.45) is 5.73 Å².